The lowest BCUT2D eigenvalue weighted by Crippen LogP contribution is -2.44. The first-order valence-electron chi connectivity index (χ1n) is 7.55. The van der Waals surface area contributed by atoms with Gasteiger partial charge in [-0.2, -0.15) is 0 Å². The molecule has 2 heterocycles. The molecule has 0 aliphatic carbocycles. The smallest absolute Gasteiger partial charge is 0.341 e. The molecule has 1 aliphatic rings. The second-order valence-electron chi connectivity index (χ2n) is 5.37. The van der Waals surface area contributed by atoms with Crippen molar-refractivity contribution >= 4 is 40.8 Å². The predicted octanol–water partition coefficient (Wildman–Crippen LogP) is 0.792. The van der Waals surface area contributed by atoms with E-state index in [-0.39, 0.29) is 41.2 Å². The molecule has 0 spiro atoms. The van der Waals surface area contributed by atoms with Gasteiger partial charge in [0.15, 0.2) is 0 Å². The third-order valence-corrected chi connectivity index (χ3v) is 5.03. The highest BCUT2D eigenvalue weighted by Gasteiger charge is 2.23. The number of sulfonamides is 1. The molecule has 1 saturated heterocycles. The number of halogens is 2. The van der Waals surface area contributed by atoms with E-state index in [0.717, 1.165) is 32.7 Å². The summed E-state index contributed by atoms with van der Waals surface area (Å²) in [5.74, 6) is -0.399. The van der Waals surface area contributed by atoms with Crippen molar-refractivity contribution < 1.29 is 22.4 Å². The van der Waals surface area contributed by atoms with Crippen LogP contribution in [0.15, 0.2) is 15.6 Å². The maximum absolute atomic E-state index is 12.2. The number of carbonyl (C=O) groups is 1. The number of nitrogens with one attached hydrogen (secondary N) is 2. The van der Waals surface area contributed by atoms with Crippen molar-refractivity contribution in [3.8, 4) is 0 Å². The Morgan fingerprint density at radius 1 is 1.36 bits per heavy atom. The normalized spacial score (nSPS) is 15.1. The highest BCUT2D eigenvalue weighted by atomic mass is 35.5. The van der Waals surface area contributed by atoms with Gasteiger partial charge < -0.3 is 19.4 Å². The molecule has 1 aromatic rings. The monoisotopic (exact) mass is 417 g/mol. The number of rotatable bonds is 7. The number of aryl methyl sites for hydroxylation is 1. The molecule has 0 saturated carbocycles. The zero-order valence-electron chi connectivity index (χ0n) is 14.2. The molecule has 11 heteroatoms. The summed E-state index contributed by atoms with van der Waals surface area (Å²) in [5, 5.41) is 3.00. The first-order valence-corrected chi connectivity index (χ1v) is 9.04. The lowest BCUT2D eigenvalue weighted by Gasteiger charge is -2.26. The Balaban J connectivity index is 0.00000288. The molecule has 1 aliphatic heterocycles. The highest BCUT2D eigenvalue weighted by Crippen LogP contribution is 2.19. The van der Waals surface area contributed by atoms with Crippen molar-refractivity contribution in [2.75, 3.05) is 46.4 Å². The van der Waals surface area contributed by atoms with Gasteiger partial charge in [-0.25, -0.2) is 17.9 Å². The van der Waals surface area contributed by atoms with Crippen LogP contribution >= 0.6 is 24.8 Å². The summed E-state index contributed by atoms with van der Waals surface area (Å²) >= 11 is 0. The van der Waals surface area contributed by atoms with Crippen LogP contribution < -0.4 is 10.0 Å². The number of hydrogen-bond acceptors (Lipinski definition) is 7. The van der Waals surface area contributed by atoms with Crippen LogP contribution in [-0.2, 0) is 14.8 Å². The second kappa shape index (κ2) is 11.0. The van der Waals surface area contributed by atoms with Crippen molar-refractivity contribution in [1.82, 2.24) is 14.9 Å². The molecule has 0 radical (unpaired) electrons. The van der Waals surface area contributed by atoms with Crippen molar-refractivity contribution in [2.45, 2.75) is 18.4 Å². The molecule has 8 nitrogen and oxygen atoms in total. The van der Waals surface area contributed by atoms with E-state index in [1.54, 1.807) is 0 Å². The van der Waals surface area contributed by atoms with Gasteiger partial charge in [-0.3, -0.25) is 0 Å². The Kier molecular flexibility index (Phi) is 10.6. The molecule has 0 atom stereocenters. The summed E-state index contributed by atoms with van der Waals surface area (Å²) in [7, 11) is -2.53. The maximum Gasteiger partial charge on any atom is 0.341 e. The minimum Gasteiger partial charge on any atom is -0.465 e. The summed E-state index contributed by atoms with van der Waals surface area (Å²) in [6, 6.07) is 1.19. The van der Waals surface area contributed by atoms with Crippen LogP contribution in [-0.4, -0.2) is 65.7 Å². The molecule has 2 rings (SSSR count). The van der Waals surface area contributed by atoms with E-state index < -0.39 is 16.0 Å². The van der Waals surface area contributed by atoms with Gasteiger partial charge in [-0.15, -0.1) is 24.8 Å². The van der Waals surface area contributed by atoms with Crippen molar-refractivity contribution in [2.24, 2.45) is 0 Å². The third kappa shape index (κ3) is 6.76. The standard InChI is InChI=1S/C14H23N3O5S.2ClH/c1-11-12(14(18)21-2)10-13(22-11)23(19,20)16-4-3-7-17-8-5-15-6-9-17;;/h10,15-16H,3-9H2,1-2H3;2*1H. The van der Waals surface area contributed by atoms with Crippen molar-refractivity contribution in [1.29, 1.82) is 0 Å². The molecular weight excluding hydrogens is 393 g/mol. The Morgan fingerprint density at radius 3 is 2.60 bits per heavy atom. The Bertz CT molecular complexity index is 645. The number of piperazine rings is 1. The van der Waals surface area contributed by atoms with Crippen LogP contribution in [0, 0.1) is 6.92 Å². The first-order chi connectivity index (χ1) is 10.9. The lowest BCUT2D eigenvalue weighted by molar-refractivity contribution is 0.0598. The summed E-state index contributed by atoms with van der Waals surface area (Å²) in [6.45, 7) is 6.57. The molecule has 0 aromatic carbocycles. The van der Waals surface area contributed by atoms with E-state index in [0.29, 0.717) is 13.0 Å². The molecule has 146 valence electrons. The second-order valence-corrected chi connectivity index (χ2v) is 7.07. The summed E-state index contributed by atoms with van der Waals surface area (Å²) in [4.78, 5) is 13.8. The maximum atomic E-state index is 12.2. The van der Waals surface area contributed by atoms with Crippen LogP contribution in [0.25, 0.3) is 0 Å². The molecule has 0 amide bonds. The molecule has 2 N–H and O–H groups in total. The number of hydrogen-bond donors (Lipinski definition) is 2. The molecule has 1 aromatic heterocycles. The van der Waals surface area contributed by atoms with Gasteiger partial charge in [-0.1, -0.05) is 0 Å². The fraction of sp³-hybridized carbons (Fsp3) is 0.643. The number of esters is 1. The number of nitrogens with zero attached hydrogens (tertiary/aromatic N) is 1. The Labute approximate surface area is 160 Å². The van der Waals surface area contributed by atoms with Crippen LogP contribution in [0.1, 0.15) is 22.5 Å². The van der Waals surface area contributed by atoms with Gasteiger partial charge in [0, 0.05) is 38.8 Å². The molecule has 25 heavy (non-hydrogen) atoms. The number of furan rings is 1. The van der Waals surface area contributed by atoms with E-state index in [9.17, 15) is 13.2 Å². The lowest BCUT2D eigenvalue weighted by atomic mass is 10.3. The van der Waals surface area contributed by atoms with Crippen LogP contribution in [0.2, 0.25) is 0 Å². The van der Waals surface area contributed by atoms with Gasteiger partial charge in [-0.05, 0) is 19.9 Å². The first kappa shape index (κ1) is 24.2. The van der Waals surface area contributed by atoms with Gasteiger partial charge in [0.2, 0.25) is 5.09 Å². The fourth-order valence-electron chi connectivity index (χ4n) is 2.41. The van der Waals surface area contributed by atoms with Crippen molar-refractivity contribution in [3.63, 3.8) is 0 Å². The quantitative estimate of drug-likeness (QED) is 0.499. The Hall–Kier alpha value is -0.840. The summed E-state index contributed by atoms with van der Waals surface area (Å²) < 4.78 is 36.6. The average Bonchev–Trinajstić information content (AvgIpc) is 2.95. The molecule has 0 bridgehead atoms. The SMILES string of the molecule is COC(=O)c1cc(S(=O)(=O)NCCCN2CCNCC2)oc1C.Cl.Cl. The zero-order chi connectivity index (χ0) is 16.9. The topological polar surface area (TPSA) is 101 Å². The van der Waals surface area contributed by atoms with Crippen LogP contribution in [0.4, 0.5) is 0 Å². The molecular formula is C14H25Cl2N3O5S. The Morgan fingerprint density at radius 2 is 2.00 bits per heavy atom. The van der Waals surface area contributed by atoms with Gasteiger partial charge >= 0.3 is 5.97 Å². The minimum absolute atomic E-state index is 0. The van der Waals surface area contributed by atoms with Gasteiger partial charge in [0.05, 0.1) is 7.11 Å². The van der Waals surface area contributed by atoms with Crippen LogP contribution in [0.5, 0.6) is 0 Å². The molecule has 1 fully saturated rings. The van der Waals surface area contributed by atoms with Crippen LogP contribution in [0.3, 0.4) is 0 Å². The minimum atomic E-state index is -3.76. The van der Waals surface area contributed by atoms with Crippen molar-refractivity contribution in [3.05, 3.63) is 17.4 Å². The highest BCUT2D eigenvalue weighted by molar-refractivity contribution is 7.89. The largest absolute Gasteiger partial charge is 0.465 e. The average molecular weight is 418 g/mol. The predicted molar refractivity (Wildman–Crippen MR) is 98.4 cm³/mol. The number of ether oxygens (including phenoxy) is 1. The summed E-state index contributed by atoms with van der Waals surface area (Å²) in [5.41, 5.74) is 0.119. The zero-order valence-corrected chi connectivity index (χ0v) is 16.7. The third-order valence-electron chi connectivity index (χ3n) is 3.72. The van der Waals surface area contributed by atoms with E-state index in [1.165, 1.54) is 20.1 Å². The summed E-state index contributed by atoms with van der Waals surface area (Å²) in [6.07, 6.45) is 0.711. The van der Waals surface area contributed by atoms with Gasteiger partial charge in [0.25, 0.3) is 10.0 Å². The van der Waals surface area contributed by atoms with Gasteiger partial charge in [0.1, 0.15) is 11.3 Å². The van der Waals surface area contributed by atoms with E-state index in [1.807, 2.05) is 0 Å². The van der Waals surface area contributed by atoms with E-state index >= 15 is 0 Å². The van der Waals surface area contributed by atoms with E-state index in [4.69, 9.17) is 4.42 Å². The van der Waals surface area contributed by atoms with E-state index in [2.05, 4.69) is 19.7 Å². The number of methoxy groups -OCH3 is 1. The fourth-order valence-corrected chi connectivity index (χ4v) is 3.48. The molecule has 0 unspecified atom stereocenters. The number of carbonyl (C=O) groups excluding carboxylic acids is 1.